The minimum atomic E-state index is -0.674. The second-order valence-electron chi connectivity index (χ2n) is 5.37. The first-order valence-electron chi connectivity index (χ1n) is 8.44. The van der Waals surface area contributed by atoms with Crippen molar-refractivity contribution in [2.45, 2.75) is 77.6 Å². The van der Waals surface area contributed by atoms with Crippen molar-refractivity contribution in [2.24, 2.45) is 0 Å². The van der Waals surface area contributed by atoms with E-state index in [0.717, 1.165) is 38.5 Å². The van der Waals surface area contributed by atoms with Crippen molar-refractivity contribution in [3.05, 3.63) is 36.5 Å². The van der Waals surface area contributed by atoms with E-state index in [0.29, 0.717) is 6.42 Å². The number of allylic oxidation sites excluding steroid dienone is 6. The smallest absolute Gasteiger partial charge is 0.303 e. The quantitative estimate of drug-likeness (QED) is 0.312. The molecule has 0 radical (unpaired) electrons. The highest BCUT2D eigenvalue weighted by molar-refractivity contribution is 5.66. The molecular formula is C19H32O2. The maximum absolute atomic E-state index is 10.3. The van der Waals surface area contributed by atoms with Gasteiger partial charge in [-0.2, -0.15) is 0 Å². The summed E-state index contributed by atoms with van der Waals surface area (Å²) in [4.78, 5) is 10.3. The van der Waals surface area contributed by atoms with Crippen LogP contribution in [0.15, 0.2) is 36.5 Å². The molecule has 0 bridgehead atoms. The second-order valence-corrected chi connectivity index (χ2v) is 5.37. The molecule has 0 saturated heterocycles. The Bertz CT molecular complexity index is 314. The predicted molar refractivity (Wildman–Crippen MR) is 91.5 cm³/mol. The van der Waals surface area contributed by atoms with Gasteiger partial charge in [-0.25, -0.2) is 0 Å². The van der Waals surface area contributed by atoms with Gasteiger partial charge in [0, 0.05) is 6.42 Å². The highest BCUT2D eigenvalue weighted by Crippen LogP contribution is 2.07. The Balaban J connectivity index is 3.25. The molecule has 0 aliphatic rings. The average molecular weight is 292 g/mol. The first kappa shape index (κ1) is 19.7. The zero-order valence-electron chi connectivity index (χ0n) is 13.6. The summed E-state index contributed by atoms with van der Waals surface area (Å²) in [5, 5.41) is 8.51. The van der Waals surface area contributed by atoms with Gasteiger partial charge in [-0.05, 0) is 38.5 Å². The van der Waals surface area contributed by atoms with Gasteiger partial charge in [0.2, 0.25) is 0 Å². The van der Waals surface area contributed by atoms with Gasteiger partial charge in [0.05, 0.1) is 0 Å². The Labute approximate surface area is 130 Å². The molecule has 1 N–H and O–H groups in total. The number of unbranched alkanes of at least 4 members (excludes halogenated alkanes) is 6. The van der Waals surface area contributed by atoms with Crippen LogP contribution in [0.1, 0.15) is 77.6 Å². The first-order chi connectivity index (χ1) is 10.3. The van der Waals surface area contributed by atoms with Crippen LogP contribution in [0.3, 0.4) is 0 Å². The Morgan fingerprint density at radius 3 is 1.90 bits per heavy atom. The second kappa shape index (κ2) is 16.7. The third-order valence-corrected chi connectivity index (χ3v) is 3.26. The van der Waals surface area contributed by atoms with E-state index in [1.54, 1.807) is 0 Å². The van der Waals surface area contributed by atoms with Crippen LogP contribution in [-0.4, -0.2) is 11.1 Å². The lowest BCUT2D eigenvalue weighted by atomic mass is 10.1. The van der Waals surface area contributed by atoms with E-state index in [4.69, 9.17) is 5.11 Å². The number of carboxylic acids is 1. The van der Waals surface area contributed by atoms with E-state index in [2.05, 4.69) is 43.4 Å². The number of aliphatic carboxylic acids is 1. The largest absolute Gasteiger partial charge is 0.481 e. The van der Waals surface area contributed by atoms with Crippen LogP contribution < -0.4 is 0 Å². The van der Waals surface area contributed by atoms with E-state index in [1.807, 2.05) is 0 Å². The zero-order chi connectivity index (χ0) is 15.6. The molecule has 0 aromatic carbocycles. The molecule has 0 fully saturated rings. The van der Waals surface area contributed by atoms with E-state index < -0.39 is 5.97 Å². The molecule has 120 valence electrons. The molecule has 0 rings (SSSR count). The predicted octanol–water partition coefficient (Wildman–Crippen LogP) is 6.05. The minimum Gasteiger partial charge on any atom is -0.481 e. The summed E-state index contributed by atoms with van der Waals surface area (Å²) in [6.45, 7) is 2.20. The molecule has 0 aromatic heterocycles. The lowest BCUT2D eigenvalue weighted by molar-refractivity contribution is -0.137. The molecular weight excluding hydrogens is 260 g/mol. The van der Waals surface area contributed by atoms with Crippen LogP contribution >= 0.6 is 0 Å². The summed E-state index contributed by atoms with van der Waals surface area (Å²) < 4.78 is 0. The summed E-state index contributed by atoms with van der Waals surface area (Å²) in [6.07, 6.45) is 24.8. The Hall–Kier alpha value is -1.31. The molecule has 0 saturated carbocycles. The lowest BCUT2D eigenvalue weighted by Crippen LogP contribution is -1.93. The van der Waals surface area contributed by atoms with Crippen LogP contribution in [0.25, 0.3) is 0 Å². The van der Waals surface area contributed by atoms with Gasteiger partial charge in [0.15, 0.2) is 0 Å². The topological polar surface area (TPSA) is 37.3 Å². The summed E-state index contributed by atoms with van der Waals surface area (Å²) in [5.41, 5.74) is 0. The number of carbonyl (C=O) groups is 1. The molecule has 0 atom stereocenters. The van der Waals surface area contributed by atoms with Gasteiger partial charge in [-0.3, -0.25) is 4.79 Å². The van der Waals surface area contributed by atoms with Crippen LogP contribution in [-0.2, 0) is 4.79 Å². The Morgan fingerprint density at radius 1 is 0.762 bits per heavy atom. The number of hydrogen-bond acceptors (Lipinski definition) is 1. The van der Waals surface area contributed by atoms with Crippen molar-refractivity contribution < 1.29 is 9.90 Å². The van der Waals surface area contributed by atoms with Gasteiger partial charge < -0.3 is 5.11 Å². The van der Waals surface area contributed by atoms with Crippen LogP contribution in [0.5, 0.6) is 0 Å². The van der Waals surface area contributed by atoms with E-state index in [-0.39, 0.29) is 0 Å². The summed E-state index contributed by atoms with van der Waals surface area (Å²) in [5.74, 6) is -0.674. The number of rotatable bonds is 14. The van der Waals surface area contributed by atoms with Crippen LogP contribution in [0.4, 0.5) is 0 Å². The summed E-state index contributed by atoms with van der Waals surface area (Å²) in [7, 11) is 0. The van der Waals surface area contributed by atoms with E-state index >= 15 is 0 Å². The fraction of sp³-hybridized carbons (Fsp3) is 0.632. The maximum Gasteiger partial charge on any atom is 0.303 e. The molecule has 0 amide bonds. The third-order valence-electron chi connectivity index (χ3n) is 3.26. The standard InChI is InChI=1S/C19H32O2/c1-2-3-4-5-6-7-8-9-10-11-12-13-14-15-16-17-18-19(20)21/h4-5,7-8,10-11H,2-3,6,9,12-18H2,1H3,(H,20,21). The van der Waals surface area contributed by atoms with Crippen molar-refractivity contribution in [2.75, 3.05) is 0 Å². The highest BCUT2D eigenvalue weighted by Gasteiger charge is 1.95. The molecule has 0 aliphatic carbocycles. The molecule has 0 aromatic rings. The molecule has 21 heavy (non-hydrogen) atoms. The molecule has 0 heterocycles. The van der Waals surface area contributed by atoms with Gasteiger partial charge in [-0.15, -0.1) is 0 Å². The monoisotopic (exact) mass is 292 g/mol. The van der Waals surface area contributed by atoms with Crippen LogP contribution in [0, 0.1) is 0 Å². The zero-order valence-corrected chi connectivity index (χ0v) is 13.6. The van der Waals surface area contributed by atoms with Crippen molar-refractivity contribution in [3.8, 4) is 0 Å². The molecule has 0 unspecified atom stereocenters. The third kappa shape index (κ3) is 18.7. The Kier molecular flexibility index (Phi) is 15.7. The molecule has 2 nitrogen and oxygen atoms in total. The van der Waals surface area contributed by atoms with Crippen LogP contribution in [0.2, 0.25) is 0 Å². The van der Waals surface area contributed by atoms with E-state index in [9.17, 15) is 4.79 Å². The van der Waals surface area contributed by atoms with Crippen molar-refractivity contribution in [1.29, 1.82) is 0 Å². The lowest BCUT2D eigenvalue weighted by Gasteiger charge is -1.98. The molecule has 2 heteroatoms. The van der Waals surface area contributed by atoms with Crippen molar-refractivity contribution in [3.63, 3.8) is 0 Å². The Morgan fingerprint density at radius 2 is 1.29 bits per heavy atom. The summed E-state index contributed by atoms with van der Waals surface area (Å²) in [6, 6.07) is 0. The maximum atomic E-state index is 10.3. The van der Waals surface area contributed by atoms with Gasteiger partial charge in [-0.1, -0.05) is 69.1 Å². The van der Waals surface area contributed by atoms with E-state index in [1.165, 1.54) is 25.7 Å². The van der Waals surface area contributed by atoms with Gasteiger partial charge in [0.1, 0.15) is 0 Å². The fourth-order valence-corrected chi connectivity index (χ4v) is 2.01. The number of carboxylic acid groups (broad SMARTS) is 1. The average Bonchev–Trinajstić information content (AvgIpc) is 2.46. The van der Waals surface area contributed by atoms with Crippen molar-refractivity contribution >= 4 is 5.97 Å². The molecule has 0 spiro atoms. The normalized spacial score (nSPS) is 12.0. The summed E-state index contributed by atoms with van der Waals surface area (Å²) >= 11 is 0. The highest BCUT2D eigenvalue weighted by atomic mass is 16.4. The van der Waals surface area contributed by atoms with Gasteiger partial charge in [0.25, 0.3) is 0 Å². The molecule has 0 aliphatic heterocycles. The number of hydrogen-bond donors (Lipinski definition) is 1. The first-order valence-corrected chi connectivity index (χ1v) is 8.44. The SMILES string of the molecule is CCCC=CCC=CCC=CCCCCCCCC(=O)O. The fourth-order valence-electron chi connectivity index (χ4n) is 2.01. The van der Waals surface area contributed by atoms with Gasteiger partial charge >= 0.3 is 5.97 Å². The van der Waals surface area contributed by atoms with Crippen molar-refractivity contribution in [1.82, 2.24) is 0 Å². The minimum absolute atomic E-state index is 0.319.